The lowest BCUT2D eigenvalue weighted by Crippen LogP contribution is -2.16. The van der Waals surface area contributed by atoms with Crippen molar-refractivity contribution >= 4 is 22.8 Å². The van der Waals surface area contributed by atoms with E-state index in [1.54, 1.807) is 0 Å². The second kappa shape index (κ2) is 4.78. The van der Waals surface area contributed by atoms with Gasteiger partial charge in [-0.05, 0) is 19.1 Å². The van der Waals surface area contributed by atoms with E-state index < -0.39 is 0 Å². The largest absolute Gasteiger partial charge is 0.370 e. The van der Waals surface area contributed by atoms with Gasteiger partial charge in [-0.2, -0.15) is 0 Å². The Morgan fingerprint density at radius 3 is 2.59 bits per heavy atom. The lowest BCUT2D eigenvalue weighted by atomic mass is 10.3. The van der Waals surface area contributed by atoms with Gasteiger partial charge in [-0.1, -0.05) is 12.1 Å². The molecule has 1 heterocycles. The monoisotopic (exact) mass is 230 g/mol. The van der Waals surface area contributed by atoms with Crippen LogP contribution in [0.1, 0.15) is 12.1 Å². The maximum atomic E-state index is 10.6. The highest BCUT2D eigenvalue weighted by molar-refractivity contribution is 5.76. The maximum absolute atomic E-state index is 10.6. The fourth-order valence-corrected chi connectivity index (χ4v) is 1.56. The molecule has 17 heavy (non-hydrogen) atoms. The van der Waals surface area contributed by atoms with E-state index in [0.29, 0.717) is 12.4 Å². The number of nitrogens with two attached hydrogens (primary N) is 1. The van der Waals surface area contributed by atoms with Crippen LogP contribution in [0.2, 0.25) is 0 Å². The van der Waals surface area contributed by atoms with Gasteiger partial charge in [0.05, 0.1) is 16.7 Å². The molecule has 1 aromatic carbocycles. The summed E-state index contributed by atoms with van der Waals surface area (Å²) in [6.07, 6.45) is 0.286. The molecule has 3 N–H and O–H groups in total. The Kier molecular flexibility index (Phi) is 3.18. The number of benzene rings is 1. The highest BCUT2D eigenvalue weighted by Gasteiger charge is 2.04. The van der Waals surface area contributed by atoms with Gasteiger partial charge in [-0.15, -0.1) is 0 Å². The number of anilines is 1. The molecule has 0 aliphatic heterocycles. The number of carbonyl (C=O) groups excluding carboxylic acids is 1. The molecule has 0 unspecified atom stereocenters. The molecular weight excluding hydrogens is 216 g/mol. The van der Waals surface area contributed by atoms with Crippen LogP contribution in [0.15, 0.2) is 24.3 Å². The van der Waals surface area contributed by atoms with Gasteiger partial charge < -0.3 is 11.1 Å². The highest BCUT2D eigenvalue weighted by Crippen LogP contribution is 2.15. The van der Waals surface area contributed by atoms with E-state index in [1.807, 2.05) is 31.2 Å². The van der Waals surface area contributed by atoms with Crippen molar-refractivity contribution in [3.8, 4) is 0 Å². The zero-order valence-corrected chi connectivity index (χ0v) is 9.60. The van der Waals surface area contributed by atoms with E-state index in [4.69, 9.17) is 5.73 Å². The van der Waals surface area contributed by atoms with E-state index in [-0.39, 0.29) is 12.3 Å². The summed E-state index contributed by atoms with van der Waals surface area (Å²) in [5.41, 5.74) is 7.58. The minimum Gasteiger partial charge on any atom is -0.370 e. The van der Waals surface area contributed by atoms with Gasteiger partial charge in [-0.25, -0.2) is 9.97 Å². The first kappa shape index (κ1) is 11.3. The van der Waals surface area contributed by atoms with Gasteiger partial charge in [0.25, 0.3) is 0 Å². The summed E-state index contributed by atoms with van der Waals surface area (Å²) in [5, 5.41) is 3.06. The molecule has 0 aliphatic rings. The molecule has 1 amide bonds. The van der Waals surface area contributed by atoms with Crippen molar-refractivity contribution in [3.05, 3.63) is 30.0 Å². The van der Waals surface area contributed by atoms with Gasteiger partial charge in [0, 0.05) is 13.0 Å². The minimum absolute atomic E-state index is 0.286. The molecule has 0 saturated carbocycles. The summed E-state index contributed by atoms with van der Waals surface area (Å²) in [5.74, 6) is 0.369. The SMILES string of the molecule is Cc1nc2ccccc2nc1NCCC(N)=O. The molecule has 0 fully saturated rings. The van der Waals surface area contributed by atoms with E-state index in [9.17, 15) is 4.79 Å². The summed E-state index contributed by atoms with van der Waals surface area (Å²) in [7, 11) is 0. The number of carbonyl (C=O) groups is 1. The van der Waals surface area contributed by atoms with Crippen LogP contribution in [-0.4, -0.2) is 22.4 Å². The van der Waals surface area contributed by atoms with Crippen molar-refractivity contribution < 1.29 is 4.79 Å². The fourth-order valence-electron chi connectivity index (χ4n) is 1.56. The molecule has 5 nitrogen and oxygen atoms in total. The molecule has 0 radical (unpaired) electrons. The lowest BCUT2D eigenvalue weighted by Gasteiger charge is -2.08. The van der Waals surface area contributed by atoms with Crippen molar-refractivity contribution in [2.24, 2.45) is 5.73 Å². The molecule has 0 atom stereocenters. The van der Waals surface area contributed by atoms with Gasteiger partial charge in [-0.3, -0.25) is 4.79 Å². The number of rotatable bonds is 4. The first-order valence-electron chi connectivity index (χ1n) is 5.42. The number of primary amides is 1. The van der Waals surface area contributed by atoms with Crippen molar-refractivity contribution in [2.45, 2.75) is 13.3 Å². The standard InChI is InChI=1S/C12H14N4O/c1-8-12(14-7-6-11(13)17)16-10-5-3-2-4-9(10)15-8/h2-5H,6-7H2,1H3,(H2,13,17)(H,14,16). The predicted octanol–water partition coefficient (Wildman–Crippen LogP) is 1.23. The third kappa shape index (κ3) is 2.69. The predicted molar refractivity (Wildman–Crippen MR) is 66.6 cm³/mol. The quantitative estimate of drug-likeness (QED) is 0.827. The van der Waals surface area contributed by atoms with Crippen LogP contribution in [0, 0.1) is 6.92 Å². The fraction of sp³-hybridized carbons (Fsp3) is 0.250. The molecule has 0 aliphatic carbocycles. The molecule has 5 heteroatoms. The van der Waals surface area contributed by atoms with Crippen LogP contribution in [0.25, 0.3) is 11.0 Å². The third-order valence-corrected chi connectivity index (χ3v) is 2.41. The van der Waals surface area contributed by atoms with Crippen molar-refractivity contribution in [1.82, 2.24) is 9.97 Å². The molecule has 2 aromatic rings. The molecule has 88 valence electrons. The average molecular weight is 230 g/mol. The maximum Gasteiger partial charge on any atom is 0.219 e. The Bertz CT molecular complexity index is 553. The Morgan fingerprint density at radius 2 is 1.94 bits per heavy atom. The van der Waals surface area contributed by atoms with Gasteiger partial charge >= 0.3 is 0 Å². The van der Waals surface area contributed by atoms with Crippen LogP contribution in [0.5, 0.6) is 0 Å². The number of nitrogens with zero attached hydrogens (tertiary/aromatic N) is 2. The van der Waals surface area contributed by atoms with Crippen molar-refractivity contribution in [3.63, 3.8) is 0 Å². The van der Waals surface area contributed by atoms with Crippen LogP contribution in [-0.2, 0) is 4.79 Å². The first-order valence-corrected chi connectivity index (χ1v) is 5.42. The minimum atomic E-state index is -0.330. The van der Waals surface area contributed by atoms with Crippen LogP contribution in [0.3, 0.4) is 0 Å². The Hall–Kier alpha value is -2.17. The average Bonchev–Trinajstić information content (AvgIpc) is 2.29. The summed E-state index contributed by atoms with van der Waals surface area (Å²) in [4.78, 5) is 19.5. The number of hydrogen-bond acceptors (Lipinski definition) is 4. The third-order valence-electron chi connectivity index (χ3n) is 2.41. The summed E-state index contributed by atoms with van der Waals surface area (Å²) >= 11 is 0. The molecule has 0 bridgehead atoms. The number of hydrogen-bond donors (Lipinski definition) is 2. The number of para-hydroxylation sites is 2. The van der Waals surface area contributed by atoms with E-state index in [2.05, 4.69) is 15.3 Å². The molecule has 0 saturated heterocycles. The van der Waals surface area contributed by atoms with Crippen LogP contribution >= 0.6 is 0 Å². The summed E-state index contributed by atoms with van der Waals surface area (Å²) in [6, 6.07) is 7.67. The van der Waals surface area contributed by atoms with Gasteiger partial charge in [0.1, 0.15) is 5.82 Å². The normalized spacial score (nSPS) is 10.4. The topological polar surface area (TPSA) is 80.9 Å². The number of nitrogens with one attached hydrogen (secondary N) is 1. The van der Waals surface area contributed by atoms with E-state index >= 15 is 0 Å². The molecule has 1 aromatic heterocycles. The zero-order valence-electron chi connectivity index (χ0n) is 9.60. The number of fused-ring (bicyclic) bond motifs is 1. The Labute approximate surface area is 99.1 Å². The number of amides is 1. The summed E-state index contributed by atoms with van der Waals surface area (Å²) < 4.78 is 0. The van der Waals surface area contributed by atoms with Gasteiger partial charge in [0.15, 0.2) is 0 Å². The Balaban J connectivity index is 2.22. The molecule has 2 rings (SSSR count). The molecule has 0 spiro atoms. The lowest BCUT2D eigenvalue weighted by molar-refractivity contribution is -0.117. The van der Waals surface area contributed by atoms with Gasteiger partial charge in [0.2, 0.25) is 5.91 Å². The first-order chi connectivity index (χ1) is 8.16. The van der Waals surface area contributed by atoms with Crippen molar-refractivity contribution in [2.75, 3.05) is 11.9 Å². The second-order valence-corrected chi connectivity index (χ2v) is 3.79. The highest BCUT2D eigenvalue weighted by atomic mass is 16.1. The van der Waals surface area contributed by atoms with E-state index in [0.717, 1.165) is 16.7 Å². The second-order valence-electron chi connectivity index (χ2n) is 3.79. The van der Waals surface area contributed by atoms with E-state index in [1.165, 1.54) is 0 Å². The molecular formula is C12H14N4O. The smallest absolute Gasteiger partial charge is 0.219 e. The summed E-state index contributed by atoms with van der Waals surface area (Å²) in [6.45, 7) is 2.36. The van der Waals surface area contributed by atoms with Crippen molar-refractivity contribution in [1.29, 1.82) is 0 Å². The number of aromatic nitrogens is 2. The number of aryl methyl sites for hydroxylation is 1. The Morgan fingerprint density at radius 1 is 1.29 bits per heavy atom. The van der Waals surface area contributed by atoms with Crippen LogP contribution in [0.4, 0.5) is 5.82 Å². The van der Waals surface area contributed by atoms with Crippen LogP contribution < -0.4 is 11.1 Å². The zero-order chi connectivity index (χ0) is 12.3.